The molecule has 0 saturated carbocycles. The summed E-state index contributed by atoms with van der Waals surface area (Å²) in [5.74, 6) is 7.00. The van der Waals surface area contributed by atoms with Crippen molar-refractivity contribution in [3.05, 3.63) is 41.7 Å². The molecule has 0 aliphatic carbocycles. The average molecular weight is 268 g/mol. The first-order valence-electron chi connectivity index (χ1n) is 6.24. The van der Waals surface area contributed by atoms with Gasteiger partial charge in [-0.15, -0.1) is 0 Å². The summed E-state index contributed by atoms with van der Waals surface area (Å²) in [6.45, 7) is 4.09. The van der Waals surface area contributed by atoms with E-state index >= 15 is 0 Å². The lowest BCUT2D eigenvalue weighted by molar-refractivity contribution is 0.850. The van der Waals surface area contributed by atoms with Gasteiger partial charge in [-0.05, 0) is 30.2 Å². The van der Waals surface area contributed by atoms with Gasteiger partial charge in [-0.3, -0.25) is 0 Å². The van der Waals surface area contributed by atoms with Crippen molar-refractivity contribution in [3.8, 4) is 6.07 Å². The Kier molecular flexibility index (Phi) is 4.13. The number of aromatic nitrogens is 2. The molecule has 6 nitrogen and oxygen atoms in total. The van der Waals surface area contributed by atoms with E-state index in [1.807, 2.05) is 26.0 Å². The molecule has 4 N–H and O–H groups in total. The van der Waals surface area contributed by atoms with Gasteiger partial charge in [-0.25, -0.2) is 15.8 Å². The quantitative estimate of drug-likeness (QED) is 0.582. The van der Waals surface area contributed by atoms with Crippen LogP contribution < -0.4 is 16.6 Å². The van der Waals surface area contributed by atoms with Crippen LogP contribution in [0.15, 0.2) is 30.6 Å². The fraction of sp³-hybridized carbons (Fsp3) is 0.214. The van der Waals surface area contributed by atoms with Crippen LogP contribution in [0.4, 0.5) is 17.3 Å². The minimum atomic E-state index is 0.211. The maximum absolute atomic E-state index is 8.79. The highest BCUT2D eigenvalue weighted by Gasteiger charge is 2.14. The van der Waals surface area contributed by atoms with E-state index in [2.05, 4.69) is 26.8 Å². The summed E-state index contributed by atoms with van der Waals surface area (Å²) < 4.78 is 0. The van der Waals surface area contributed by atoms with E-state index in [0.717, 1.165) is 11.3 Å². The molecule has 1 heterocycles. The van der Waals surface area contributed by atoms with E-state index in [1.165, 1.54) is 6.33 Å². The van der Waals surface area contributed by atoms with Crippen molar-refractivity contribution in [1.29, 1.82) is 5.26 Å². The van der Waals surface area contributed by atoms with Crippen LogP contribution in [-0.2, 0) is 0 Å². The van der Waals surface area contributed by atoms with E-state index in [4.69, 9.17) is 11.1 Å². The average Bonchev–Trinajstić information content (AvgIpc) is 2.47. The first-order chi connectivity index (χ1) is 9.65. The number of nitriles is 1. The van der Waals surface area contributed by atoms with Crippen molar-refractivity contribution in [1.82, 2.24) is 9.97 Å². The SMILES string of the molecule is CC(C)c1c(NN)ncnc1Nc1ccc(C#N)cc1. The fourth-order valence-electron chi connectivity index (χ4n) is 1.92. The van der Waals surface area contributed by atoms with Crippen LogP contribution in [0.3, 0.4) is 0 Å². The van der Waals surface area contributed by atoms with Crippen LogP contribution in [0.25, 0.3) is 0 Å². The maximum atomic E-state index is 8.79. The molecule has 102 valence electrons. The Morgan fingerprint density at radius 2 is 1.80 bits per heavy atom. The van der Waals surface area contributed by atoms with Gasteiger partial charge in [-0.1, -0.05) is 13.8 Å². The van der Waals surface area contributed by atoms with Gasteiger partial charge in [0.1, 0.15) is 18.0 Å². The Hall–Kier alpha value is -2.65. The summed E-state index contributed by atoms with van der Waals surface area (Å²) in [5, 5.41) is 12.0. The molecule has 2 rings (SSSR count). The minimum Gasteiger partial charge on any atom is -0.340 e. The van der Waals surface area contributed by atoms with Crippen LogP contribution in [0, 0.1) is 11.3 Å². The first kappa shape index (κ1) is 13.8. The first-order valence-corrected chi connectivity index (χ1v) is 6.24. The Morgan fingerprint density at radius 3 is 2.35 bits per heavy atom. The summed E-state index contributed by atoms with van der Waals surface area (Å²) in [4.78, 5) is 8.38. The van der Waals surface area contributed by atoms with Crippen LogP contribution in [-0.4, -0.2) is 9.97 Å². The number of hydrogen-bond donors (Lipinski definition) is 3. The Bertz CT molecular complexity index is 627. The number of rotatable bonds is 4. The van der Waals surface area contributed by atoms with Crippen LogP contribution >= 0.6 is 0 Å². The summed E-state index contributed by atoms with van der Waals surface area (Å²) in [6, 6.07) is 9.25. The lowest BCUT2D eigenvalue weighted by atomic mass is 10.0. The van der Waals surface area contributed by atoms with E-state index in [9.17, 15) is 0 Å². The zero-order chi connectivity index (χ0) is 14.5. The molecule has 0 aliphatic rings. The molecule has 0 unspecified atom stereocenters. The third-order valence-corrected chi connectivity index (χ3v) is 2.87. The summed E-state index contributed by atoms with van der Waals surface area (Å²) in [7, 11) is 0. The molecular weight excluding hydrogens is 252 g/mol. The summed E-state index contributed by atoms with van der Waals surface area (Å²) in [5.41, 5.74) is 4.97. The highest BCUT2D eigenvalue weighted by molar-refractivity contribution is 5.65. The molecule has 6 heteroatoms. The molecule has 0 atom stereocenters. The highest BCUT2D eigenvalue weighted by Crippen LogP contribution is 2.29. The molecule has 0 amide bonds. The van der Waals surface area contributed by atoms with E-state index in [-0.39, 0.29) is 5.92 Å². The molecule has 2 aromatic rings. The Morgan fingerprint density at radius 1 is 1.15 bits per heavy atom. The number of nitrogens with zero attached hydrogens (tertiary/aromatic N) is 3. The van der Waals surface area contributed by atoms with Gasteiger partial charge in [0.2, 0.25) is 0 Å². The molecular formula is C14H16N6. The van der Waals surface area contributed by atoms with Gasteiger partial charge in [0.25, 0.3) is 0 Å². The molecule has 0 aliphatic heterocycles. The standard InChI is InChI=1S/C14H16N6/c1-9(2)12-13(17-8-18-14(12)20-16)19-11-5-3-10(7-15)4-6-11/h3-6,8-9H,16H2,1-2H3,(H2,17,18,19,20). The van der Waals surface area contributed by atoms with Gasteiger partial charge in [0.15, 0.2) is 0 Å². The van der Waals surface area contributed by atoms with Crippen molar-refractivity contribution in [2.45, 2.75) is 19.8 Å². The summed E-state index contributed by atoms with van der Waals surface area (Å²) >= 11 is 0. The second-order valence-electron chi connectivity index (χ2n) is 4.60. The number of benzene rings is 1. The van der Waals surface area contributed by atoms with Gasteiger partial charge in [-0.2, -0.15) is 5.26 Å². The monoisotopic (exact) mass is 268 g/mol. The van der Waals surface area contributed by atoms with E-state index in [1.54, 1.807) is 12.1 Å². The topological polar surface area (TPSA) is 99.7 Å². The van der Waals surface area contributed by atoms with E-state index < -0.39 is 0 Å². The number of nitrogens with two attached hydrogens (primary N) is 1. The van der Waals surface area contributed by atoms with Gasteiger partial charge < -0.3 is 10.7 Å². The molecule has 1 aromatic heterocycles. The number of anilines is 3. The van der Waals surface area contributed by atoms with Crippen LogP contribution in [0.5, 0.6) is 0 Å². The number of nitrogens with one attached hydrogen (secondary N) is 2. The minimum absolute atomic E-state index is 0.211. The predicted octanol–water partition coefficient (Wildman–Crippen LogP) is 2.50. The zero-order valence-electron chi connectivity index (χ0n) is 11.4. The van der Waals surface area contributed by atoms with Crippen molar-refractivity contribution in [3.63, 3.8) is 0 Å². The molecule has 0 spiro atoms. The lowest BCUT2D eigenvalue weighted by Gasteiger charge is -2.16. The van der Waals surface area contributed by atoms with Crippen molar-refractivity contribution >= 4 is 17.3 Å². The molecule has 0 radical (unpaired) electrons. The van der Waals surface area contributed by atoms with Crippen molar-refractivity contribution in [2.24, 2.45) is 5.84 Å². The van der Waals surface area contributed by atoms with Gasteiger partial charge in [0, 0.05) is 11.3 Å². The third kappa shape index (κ3) is 2.84. The second kappa shape index (κ2) is 5.99. The lowest BCUT2D eigenvalue weighted by Crippen LogP contribution is -2.14. The number of nitrogen functional groups attached to an aromatic ring is 1. The zero-order valence-corrected chi connectivity index (χ0v) is 11.4. The largest absolute Gasteiger partial charge is 0.340 e. The Balaban J connectivity index is 2.35. The second-order valence-corrected chi connectivity index (χ2v) is 4.60. The predicted molar refractivity (Wildman–Crippen MR) is 78.4 cm³/mol. The molecule has 1 aromatic carbocycles. The van der Waals surface area contributed by atoms with Crippen LogP contribution in [0.2, 0.25) is 0 Å². The molecule has 0 bridgehead atoms. The van der Waals surface area contributed by atoms with Crippen LogP contribution in [0.1, 0.15) is 30.9 Å². The highest BCUT2D eigenvalue weighted by atomic mass is 15.3. The Labute approximate surface area is 117 Å². The molecule has 20 heavy (non-hydrogen) atoms. The number of hydrogen-bond acceptors (Lipinski definition) is 6. The molecule has 0 fully saturated rings. The fourth-order valence-corrected chi connectivity index (χ4v) is 1.92. The van der Waals surface area contributed by atoms with E-state index in [0.29, 0.717) is 17.2 Å². The smallest absolute Gasteiger partial charge is 0.148 e. The number of hydrazine groups is 1. The van der Waals surface area contributed by atoms with Gasteiger partial charge in [0.05, 0.1) is 11.6 Å². The third-order valence-electron chi connectivity index (χ3n) is 2.87. The maximum Gasteiger partial charge on any atom is 0.148 e. The normalized spacial score (nSPS) is 10.2. The molecule has 0 saturated heterocycles. The van der Waals surface area contributed by atoms with Gasteiger partial charge >= 0.3 is 0 Å². The summed E-state index contributed by atoms with van der Waals surface area (Å²) in [6.07, 6.45) is 1.45. The van der Waals surface area contributed by atoms with Crippen molar-refractivity contribution in [2.75, 3.05) is 10.7 Å². The van der Waals surface area contributed by atoms with Crippen molar-refractivity contribution < 1.29 is 0 Å².